The molecule has 1 heterocycles. The third-order valence-electron chi connectivity index (χ3n) is 2.81. The highest BCUT2D eigenvalue weighted by Crippen LogP contribution is 2.42. The number of amides is 1. The van der Waals surface area contributed by atoms with Gasteiger partial charge in [-0.05, 0) is 35.4 Å². The number of primary amides is 1. The predicted octanol–water partition coefficient (Wildman–Crippen LogP) is 0.0976. The number of nitrogens with two attached hydrogens (primary N) is 1. The molecule has 1 saturated heterocycles. The first kappa shape index (κ1) is 9.67. The Labute approximate surface area is 90.9 Å². The summed E-state index contributed by atoms with van der Waals surface area (Å²) in [7, 11) is 0. The van der Waals surface area contributed by atoms with Crippen LogP contribution in [-0.4, -0.2) is 40.2 Å². The Morgan fingerprint density at radius 2 is 2.31 bits per heavy atom. The van der Waals surface area contributed by atoms with Gasteiger partial charge in [-0.1, -0.05) is 0 Å². The zero-order valence-corrected chi connectivity index (χ0v) is 9.49. The van der Waals surface area contributed by atoms with Crippen molar-refractivity contribution in [2.24, 2.45) is 5.73 Å². The van der Waals surface area contributed by atoms with Crippen LogP contribution in [0.4, 0.5) is 0 Å². The molecule has 0 aromatic heterocycles. The lowest BCUT2D eigenvalue weighted by molar-refractivity contribution is -0.127. The number of carbonyl (C=O) groups excluding carboxylic acids is 1. The van der Waals surface area contributed by atoms with Crippen molar-refractivity contribution in [3.05, 3.63) is 0 Å². The summed E-state index contributed by atoms with van der Waals surface area (Å²) in [6, 6.07) is 0. The molecule has 1 atom stereocenters. The molecule has 5 heteroatoms. The smallest absolute Gasteiger partial charge is 0.237 e. The molecule has 74 valence electrons. The summed E-state index contributed by atoms with van der Waals surface area (Å²) in [5.41, 5.74) is 5.07. The first-order chi connectivity index (χ1) is 6.15. The van der Waals surface area contributed by atoms with Crippen molar-refractivity contribution in [2.45, 2.75) is 22.5 Å². The molecule has 1 saturated carbocycles. The van der Waals surface area contributed by atoms with Crippen molar-refractivity contribution in [1.82, 2.24) is 4.90 Å². The van der Waals surface area contributed by atoms with Crippen LogP contribution >= 0.6 is 22.6 Å². The zero-order chi connectivity index (χ0) is 9.47. The maximum absolute atomic E-state index is 11.2. The highest BCUT2D eigenvalue weighted by Gasteiger charge is 2.54. The van der Waals surface area contributed by atoms with Crippen LogP contribution in [-0.2, 0) is 9.53 Å². The summed E-state index contributed by atoms with van der Waals surface area (Å²) in [6.45, 7) is 2.37. The molecule has 13 heavy (non-hydrogen) atoms. The van der Waals surface area contributed by atoms with Gasteiger partial charge in [0.05, 0.1) is 6.61 Å². The summed E-state index contributed by atoms with van der Waals surface area (Å²) < 4.78 is 5.60. The van der Waals surface area contributed by atoms with E-state index in [2.05, 4.69) is 27.5 Å². The van der Waals surface area contributed by atoms with E-state index in [4.69, 9.17) is 10.5 Å². The molecule has 1 aliphatic carbocycles. The molecule has 1 unspecified atom stereocenters. The average Bonchev–Trinajstić information content (AvgIpc) is 2.83. The van der Waals surface area contributed by atoms with Crippen LogP contribution in [0.1, 0.15) is 12.8 Å². The van der Waals surface area contributed by atoms with Gasteiger partial charge in [-0.25, -0.2) is 0 Å². The number of hydrogen-bond acceptors (Lipinski definition) is 3. The maximum atomic E-state index is 11.2. The summed E-state index contributed by atoms with van der Waals surface area (Å²) in [6.07, 6.45) is 1.84. The molecule has 1 aliphatic heterocycles. The fourth-order valence-electron chi connectivity index (χ4n) is 1.83. The highest BCUT2D eigenvalue weighted by molar-refractivity contribution is 14.1. The Morgan fingerprint density at radius 1 is 1.62 bits per heavy atom. The maximum Gasteiger partial charge on any atom is 0.237 e. The molecule has 0 aromatic carbocycles. The zero-order valence-electron chi connectivity index (χ0n) is 7.33. The van der Waals surface area contributed by atoms with E-state index in [1.54, 1.807) is 0 Å². The Hall–Kier alpha value is 0.120. The molecule has 2 N–H and O–H groups in total. The van der Waals surface area contributed by atoms with Crippen LogP contribution in [0.2, 0.25) is 0 Å². The van der Waals surface area contributed by atoms with E-state index in [0.717, 1.165) is 25.9 Å². The minimum Gasteiger partial charge on any atom is -0.368 e. The second-order valence-electron chi connectivity index (χ2n) is 3.62. The summed E-state index contributed by atoms with van der Waals surface area (Å²) in [5, 5.41) is 0. The molecule has 0 bridgehead atoms. The largest absolute Gasteiger partial charge is 0.368 e. The minimum absolute atomic E-state index is 0.169. The van der Waals surface area contributed by atoms with E-state index in [-0.39, 0.29) is 15.6 Å². The van der Waals surface area contributed by atoms with E-state index in [0.29, 0.717) is 6.61 Å². The average molecular weight is 296 g/mol. The minimum atomic E-state index is -0.312. The molecule has 0 spiro atoms. The summed E-state index contributed by atoms with van der Waals surface area (Å²) >= 11 is 2.25. The predicted molar refractivity (Wildman–Crippen MR) is 56.5 cm³/mol. The highest BCUT2D eigenvalue weighted by atomic mass is 127. The van der Waals surface area contributed by atoms with Gasteiger partial charge in [-0.3, -0.25) is 9.69 Å². The van der Waals surface area contributed by atoms with Gasteiger partial charge in [0, 0.05) is 13.1 Å². The van der Waals surface area contributed by atoms with Gasteiger partial charge in [-0.2, -0.15) is 0 Å². The summed E-state index contributed by atoms with van der Waals surface area (Å²) in [4.78, 5) is 13.4. The Kier molecular flexibility index (Phi) is 2.50. The topological polar surface area (TPSA) is 55.6 Å². The van der Waals surface area contributed by atoms with Crippen molar-refractivity contribution in [3.8, 4) is 0 Å². The Bertz CT molecular complexity index is 230. The lowest BCUT2D eigenvalue weighted by Gasteiger charge is -2.35. The van der Waals surface area contributed by atoms with Crippen molar-refractivity contribution in [3.63, 3.8) is 0 Å². The van der Waals surface area contributed by atoms with Gasteiger partial charge in [-0.15, -0.1) is 0 Å². The van der Waals surface area contributed by atoms with Gasteiger partial charge < -0.3 is 10.5 Å². The van der Waals surface area contributed by atoms with Crippen LogP contribution in [0.15, 0.2) is 0 Å². The normalized spacial score (nSPS) is 32.8. The number of nitrogens with zero attached hydrogens (tertiary/aromatic N) is 1. The number of hydrogen-bond donors (Lipinski definition) is 1. The number of carbonyl (C=O) groups is 1. The van der Waals surface area contributed by atoms with Crippen molar-refractivity contribution in [1.29, 1.82) is 0 Å². The monoisotopic (exact) mass is 296 g/mol. The van der Waals surface area contributed by atoms with E-state index in [1.165, 1.54) is 0 Å². The van der Waals surface area contributed by atoms with Crippen LogP contribution in [0.5, 0.6) is 0 Å². The Morgan fingerprint density at radius 3 is 2.77 bits per heavy atom. The van der Waals surface area contributed by atoms with Gasteiger partial charge in [0.25, 0.3) is 0 Å². The molecule has 2 fully saturated rings. The number of morpholine rings is 1. The fraction of sp³-hybridized carbons (Fsp3) is 0.875. The lowest BCUT2D eigenvalue weighted by atomic mass is 10.2. The van der Waals surface area contributed by atoms with Gasteiger partial charge >= 0.3 is 0 Å². The van der Waals surface area contributed by atoms with Gasteiger partial charge in [0.2, 0.25) is 5.91 Å². The van der Waals surface area contributed by atoms with E-state index < -0.39 is 0 Å². The van der Waals surface area contributed by atoms with Crippen LogP contribution in [0, 0.1) is 0 Å². The van der Waals surface area contributed by atoms with E-state index >= 15 is 0 Å². The lowest BCUT2D eigenvalue weighted by Crippen LogP contribution is -2.53. The second kappa shape index (κ2) is 3.36. The van der Waals surface area contributed by atoms with E-state index in [1.807, 2.05) is 0 Å². The van der Waals surface area contributed by atoms with E-state index in [9.17, 15) is 4.79 Å². The van der Waals surface area contributed by atoms with Crippen LogP contribution in [0.3, 0.4) is 0 Å². The van der Waals surface area contributed by atoms with Crippen molar-refractivity contribution in [2.75, 3.05) is 19.7 Å². The number of alkyl halides is 1. The first-order valence-corrected chi connectivity index (χ1v) is 5.70. The fourth-order valence-corrected chi connectivity index (χ4v) is 2.56. The van der Waals surface area contributed by atoms with Gasteiger partial charge in [0.1, 0.15) is 9.65 Å². The standard InChI is InChI=1S/C8H13IN2O2/c9-6-5-11(3-4-13-6)8(1-2-8)7(10)12/h6H,1-5H2,(H2,10,12). The second-order valence-corrected chi connectivity index (χ2v) is 5.01. The van der Waals surface area contributed by atoms with Gasteiger partial charge in [0.15, 0.2) is 0 Å². The van der Waals surface area contributed by atoms with Crippen molar-refractivity contribution >= 4 is 28.5 Å². The molecule has 2 rings (SSSR count). The van der Waals surface area contributed by atoms with Crippen molar-refractivity contribution < 1.29 is 9.53 Å². The third-order valence-corrected chi connectivity index (χ3v) is 3.56. The third kappa shape index (κ3) is 1.69. The number of ether oxygens (including phenoxy) is 1. The van der Waals surface area contributed by atoms with Crippen LogP contribution < -0.4 is 5.73 Å². The Balaban J connectivity index is 2.03. The molecular weight excluding hydrogens is 283 g/mol. The number of rotatable bonds is 2. The number of halogens is 1. The van der Waals surface area contributed by atoms with Crippen LogP contribution in [0.25, 0.3) is 0 Å². The SMILES string of the molecule is NC(=O)C1(N2CCOC(I)C2)CC1. The molecular formula is C8H13IN2O2. The molecule has 0 aromatic rings. The molecule has 1 amide bonds. The summed E-state index contributed by atoms with van der Waals surface area (Å²) in [5.74, 6) is -0.169. The molecule has 2 aliphatic rings. The first-order valence-electron chi connectivity index (χ1n) is 4.46. The molecule has 0 radical (unpaired) electrons. The quantitative estimate of drug-likeness (QED) is 0.581. The molecule has 4 nitrogen and oxygen atoms in total.